The number of amidine groups is 1. The maximum Gasteiger partial charge on any atom is 1.00 e. The predicted molar refractivity (Wildman–Crippen MR) is 32.0 cm³/mol. The number of hydrogen-bond acceptors (Lipinski definition) is 0. The van der Waals surface area contributed by atoms with Crippen LogP contribution in [-0.2, 0) is 0 Å². The van der Waals surface area contributed by atoms with E-state index >= 15 is 0 Å². The van der Waals surface area contributed by atoms with E-state index < -0.39 is 0 Å². The van der Waals surface area contributed by atoms with E-state index in [-0.39, 0.29) is 69.4 Å². The van der Waals surface area contributed by atoms with E-state index in [1.807, 2.05) is 20.8 Å². The Morgan fingerprint density at radius 1 is 1.38 bits per heavy atom. The Kier molecular flexibility index (Phi) is 6.22. The average molecular weight is 185 g/mol. The number of rotatable bonds is 0. The Morgan fingerprint density at radius 3 is 1.50 bits per heavy atom. The van der Waals surface area contributed by atoms with Crippen molar-refractivity contribution >= 4 is 5.84 Å². The molecule has 0 saturated heterocycles. The smallest absolute Gasteiger partial charge is 0.498 e. The first-order chi connectivity index (χ1) is 2.94. The molecule has 0 bridgehead atoms. The molecule has 0 aromatic heterocycles. The molecule has 8 heavy (non-hydrogen) atoms. The molecular formula is C5H11N2Rb. The maximum absolute atomic E-state index is 8.58. The normalized spacial score (nSPS) is 9.88. The Hall–Kier alpha value is 1.28. The van der Waals surface area contributed by atoms with E-state index in [0.717, 1.165) is 0 Å². The van der Waals surface area contributed by atoms with Crippen LogP contribution in [0.1, 0.15) is 20.8 Å². The second-order valence-electron chi connectivity index (χ2n) is 2.64. The van der Waals surface area contributed by atoms with Crippen molar-refractivity contribution in [3.63, 3.8) is 0 Å². The number of hydrogen-bond donors (Lipinski definition) is 1. The SMILES string of the molecule is CC(C)(C)C(=[N-])N.[Rb+]. The molecule has 0 aliphatic heterocycles. The third-order valence-corrected chi connectivity index (χ3v) is 0.768. The van der Waals surface area contributed by atoms with Gasteiger partial charge < -0.3 is 11.1 Å². The van der Waals surface area contributed by atoms with Crippen LogP contribution < -0.4 is 63.9 Å². The van der Waals surface area contributed by atoms with E-state index in [4.69, 9.17) is 11.1 Å². The van der Waals surface area contributed by atoms with Gasteiger partial charge in [-0.3, -0.25) is 0 Å². The van der Waals surface area contributed by atoms with Crippen molar-refractivity contribution in [2.75, 3.05) is 0 Å². The number of nitrogens with zero attached hydrogens (tertiary/aromatic N) is 1. The topological polar surface area (TPSA) is 48.3 Å². The first-order valence-corrected chi connectivity index (χ1v) is 2.26. The minimum atomic E-state index is -0.250. The molecule has 0 radical (unpaired) electrons. The van der Waals surface area contributed by atoms with Crippen molar-refractivity contribution in [3.8, 4) is 0 Å². The van der Waals surface area contributed by atoms with Gasteiger partial charge in [-0.1, -0.05) is 26.6 Å². The van der Waals surface area contributed by atoms with Gasteiger partial charge in [0.25, 0.3) is 0 Å². The first kappa shape index (κ1) is 12.0. The molecule has 0 aromatic rings. The van der Waals surface area contributed by atoms with Crippen LogP contribution in [0, 0.1) is 5.41 Å². The van der Waals surface area contributed by atoms with E-state index in [1.165, 1.54) is 0 Å². The van der Waals surface area contributed by atoms with Crippen LogP contribution in [0.5, 0.6) is 0 Å². The molecule has 0 aromatic carbocycles. The van der Waals surface area contributed by atoms with Crippen LogP contribution >= 0.6 is 0 Å². The van der Waals surface area contributed by atoms with Gasteiger partial charge in [0, 0.05) is 0 Å². The van der Waals surface area contributed by atoms with Crippen LogP contribution in [0.3, 0.4) is 0 Å². The third kappa shape index (κ3) is 5.41. The molecule has 0 heterocycles. The molecule has 0 fully saturated rings. The third-order valence-electron chi connectivity index (χ3n) is 0.768. The van der Waals surface area contributed by atoms with Crippen molar-refractivity contribution in [1.29, 1.82) is 0 Å². The van der Waals surface area contributed by atoms with Crippen LogP contribution in [0.2, 0.25) is 0 Å². The summed E-state index contributed by atoms with van der Waals surface area (Å²) in [7, 11) is 0. The monoisotopic (exact) mass is 184 g/mol. The Morgan fingerprint density at radius 2 is 1.50 bits per heavy atom. The molecule has 2 nitrogen and oxygen atoms in total. The average Bonchev–Trinajstić information content (AvgIpc) is 1.31. The minimum absolute atomic E-state index is 0. The van der Waals surface area contributed by atoms with Gasteiger partial charge >= 0.3 is 58.2 Å². The van der Waals surface area contributed by atoms with Gasteiger partial charge in [0.15, 0.2) is 0 Å². The molecule has 0 aliphatic rings. The quantitative estimate of drug-likeness (QED) is 0.343. The molecular weight excluding hydrogens is 174 g/mol. The zero-order chi connectivity index (χ0) is 6.08. The molecule has 2 N–H and O–H groups in total. The molecule has 0 spiro atoms. The fourth-order valence-corrected chi connectivity index (χ4v) is 0. The van der Waals surface area contributed by atoms with Gasteiger partial charge in [0.2, 0.25) is 0 Å². The molecule has 0 aliphatic carbocycles. The van der Waals surface area contributed by atoms with Crippen LogP contribution in [-0.4, -0.2) is 5.84 Å². The van der Waals surface area contributed by atoms with Crippen molar-refractivity contribution in [3.05, 3.63) is 5.41 Å². The molecule has 3 heteroatoms. The summed E-state index contributed by atoms with van der Waals surface area (Å²) in [5, 5.41) is 8.58. The number of nitrogens with two attached hydrogens (primary N) is 1. The van der Waals surface area contributed by atoms with E-state index in [9.17, 15) is 0 Å². The fourth-order valence-electron chi connectivity index (χ4n) is 0. The Balaban J connectivity index is 0. The van der Waals surface area contributed by atoms with Gasteiger partial charge in [-0.25, -0.2) is 0 Å². The van der Waals surface area contributed by atoms with Crippen molar-refractivity contribution in [2.45, 2.75) is 20.8 Å². The van der Waals surface area contributed by atoms with Gasteiger partial charge in [0.1, 0.15) is 0 Å². The zero-order valence-corrected chi connectivity index (χ0v) is 10.9. The van der Waals surface area contributed by atoms with E-state index in [0.29, 0.717) is 0 Å². The molecule has 0 atom stereocenters. The van der Waals surface area contributed by atoms with Crippen LogP contribution in [0.15, 0.2) is 0 Å². The fraction of sp³-hybridized carbons (Fsp3) is 0.800. The first-order valence-electron chi connectivity index (χ1n) is 2.26. The standard InChI is InChI=1S/C5H11N2.Rb/c1-5(2,3)4(6)7;/h1-3H3,(H2-,6,7);/q-1;+1. The molecule has 0 amide bonds. The van der Waals surface area contributed by atoms with Gasteiger partial charge in [-0.15, -0.1) is 0 Å². The summed E-state index contributed by atoms with van der Waals surface area (Å²) in [4.78, 5) is 0. The van der Waals surface area contributed by atoms with Gasteiger partial charge in [-0.2, -0.15) is 0 Å². The van der Waals surface area contributed by atoms with E-state index in [2.05, 4.69) is 0 Å². The van der Waals surface area contributed by atoms with Crippen molar-refractivity contribution in [1.82, 2.24) is 0 Å². The summed E-state index contributed by atoms with van der Waals surface area (Å²) >= 11 is 0. The minimum Gasteiger partial charge on any atom is -0.498 e. The summed E-state index contributed by atoms with van der Waals surface area (Å²) in [6, 6.07) is 0. The van der Waals surface area contributed by atoms with Crippen molar-refractivity contribution in [2.24, 2.45) is 11.1 Å². The summed E-state index contributed by atoms with van der Waals surface area (Å²) < 4.78 is 0. The maximum atomic E-state index is 8.58. The summed E-state index contributed by atoms with van der Waals surface area (Å²) in [6.45, 7) is 5.55. The molecule has 0 rings (SSSR count). The van der Waals surface area contributed by atoms with Gasteiger partial charge in [0.05, 0.1) is 0 Å². The molecule has 0 unspecified atom stereocenters. The van der Waals surface area contributed by atoms with Crippen LogP contribution in [0.25, 0.3) is 5.41 Å². The molecule has 0 saturated carbocycles. The second kappa shape index (κ2) is 4.15. The summed E-state index contributed by atoms with van der Waals surface area (Å²) in [5.41, 5.74) is 4.79. The summed E-state index contributed by atoms with van der Waals surface area (Å²) in [6.07, 6.45) is 0. The predicted octanol–water partition coefficient (Wildman–Crippen LogP) is -2.04. The van der Waals surface area contributed by atoms with Crippen molar-refractivity contribution < 1.29 is 58.2 Å². The molecule has 42 valence electrons. The second-order valence-corrected chi connectivity index (χ2v) is 2.64. The Bertz CT molecular complexity index is 82.9. The summed E-state index contributed by atoms with van der Waals surface area (Å²) in [5.74, 6) is -0.00694. The van der Waals surface area contributed by atoms with Gasteiger partial charge in [-0.05, 0) is 5.41 Å². The zero-order valence-electron chi connectivity index (χ0n) is 6.02. The van der Waals surface area contributed by atoms with E-state index in [1.54, 1.807) is 0 Å². The Labute approximate surface area is 99.5 Å². The largest absolute Gasteiger partial charge is 1.00 e. The van der Waals surface area contributed by atoms with Crippen LogP contribution in [0.4, 0.5) is 0 Å².